The van der Waals surface area contributed by atoms with E-state index in [1.54, 1.807) is 12.4 Å². The minimum absolute atomic E-state index is 0.227. The molecule has 0 spiro atoms. The van der Waals surface area contributed by atoms with E-state index in [0.717, 1.165) is 41.2 Å². The first kappa shape index (κ1) is 52.0. The number of carbonyl (C=O) groups is 3. The molecule has 1 aliphatic heterocycles. The highest BCUT2D eigenvalue weighted by atomic mass is 19.4. The van der Waals surface area contributed by atoms with Gasteiger partial charge < -0.3 is 35.3 Å². The Balaban J connectivity index is 0.000000429. The maximum Gasteiger partial charge on any atom is 0.490 e. The van der Waals surface area contributed by atoms with E-state index in [9.17, 15) is 68.2 Å². The SMILES string of the molecule is CC(O)(CO)c1cc(OC2CCC(N3CC(CC#N)(n4cc(-c5ncnc6[nH]ccc56)cn4)C3)CC2)nc(C(F)(F)F)n1.O=C(O)C(F)(F)F.O=C(O)C(F)(F)F.O=C(O)C(F)(F)F. The van der Waals surface area contributed by atoms with Crippen LogP contribution in [0.5, 0.6) is 5.88 Å². The summed E-state index contributed by atoms with van der Waals surface area (Å²) in [4.78, 5) is 47.7. The van der Waals surface area contributed by atoms with Crippen molar-refractivity contribution in [2.75, 3.05) is 19.7 Å². The second-order valence-corrected chi connectivity index (χ2v) is 13.9. The Morgan fingerprint density at radius 2 is 1.42 bits per heavy atom. The maximum atomic E-state index is 13.4. The van der Waals surface area contributed by atoms with Crippen molar-refractivity contribution in [3.05, 3.63) is 48.6 Å². The number of aromatic nitrogens is 7. The van der Waals surface area contributed by atoms with Crippen molar-refractivity contribution in [1.29, 1.82) is 5.26 Å². The summed E-state index contributed by atoms with van der Waals surface area (Å²) in [5.74, 6) is -10.00. The number of fused-ring (bicyclic) bond motifs is 1. The van der Waals surface area contributed by atoms with Crippen molar-refractivity contribution < 1.29 is 97.3 Å². The summed E-state index contributed by atoms with van der Waals surface area (Å²) in [5.41, 5.74) is -0.490. The number of hydrogen-bond donors (Lipinski definition) is 6. The lowest BCUT2D eigenvalue weighted by molar-refractivity contribution is -0.193. The van der Waals surface area contributed by atoms with Gasteiger partial charge in [0.05, 0.1) is 36.7 Å². The molecule has 0 aromatic carbocycles. The molecule has 2 aliphatic rings. The predicted molar refractivity (Wildman–Crippen MR) is 186 cm³/mol. The topological polar surface area (TPSA) is 274 Å². The van der Waals surface area contributed by atoms with Crippen molar-refractivity contribution >= 4 is 28.9 Å². The standard InChI is InChI=1S/C28H30F3N9O3.3C2HF3O2/c1-26(42,15-41)21-10-22(38-25(37-21)28(29,30)31)43-19-4-2-18(3-5-19)39-13-27(14-39,7-8-32)40-12-17(11-36-40)23-20-6-9-33-24(20)35-16-34-23;3*3-2(4,5)1(6)7/h6,9-12,16,18-19,41-42H,2-5,7,13-15H2,1H3,(H,33,34,35);3*(H,6,7). The third-order valence-electron chi connectivity index (χ3n) is 9.09. The third kappa shape index (κ3) is 13.8. The van der Waals surface area contributed by atoms with Gasteiger partial charge in [-0.2, -0.15) is 68.0 Å². The minimum atomic E-state index is -5.08. The summed E-state index contributed by atoms with van der Waals surface area (Å²) in [6, 6.07) is 5.59. The van der Waals surface area contributed by atoms with Crippen molar-refractivity contribution in [3.8, 4) is 23.2 Å². The molecular formula is C34H33F12N9O9. The second kappa shape index (κ2) is 20.0. The zero-order chi connectivity index (χ0) is 48.6. The molecular weight excluding hydrogens is 906 g/mol. The van der Waals surface area contributed by atoms with Crippen LogP contribution in [0.4, 0.5) is 52.7 Å². The number of nitrogens with zero attached hydrogens (tertiary/aromatic N) is 8. The number of nitriles is 1. The number of nitrogens with one attached hydrogen (secondary N) is 1. The molecule has 4 aromatic rings. The molecule has 5 heterocycles. The highest BCUT2D eigenvalue weighted by Gasteiger charge is 2.48. The molecule has 1 unspecified atom stereocenters. The van der Waals surface area contributed by atoms with E-state index < -0.39 is 66.2 Å². The van der Waals surface area contributed by atoms with Gasteiger partial charge in [-0.3, -0.25) is 9.58 Å². The van der Waals surface area contributed by atoms with Crippen molar-refractivity contribution in [3.63, 3.8) is 0 Å². The van der Waals surface area contributed by atoms with Gasteiger partial charge in [0.1, 0.15) is 29.2 Å². The molecule has 6 N–H and O–H groups in total. The number of carboxylic acids is 3. The number of hydrogen-bond acceptors (Lipinski definition) is 13. The van der Waals surface area contributed by atoms with Crippen LogP contribution in [0.1, 0.15) is 50.5 Å². The van der Waals surface area contributed by atoms with E-state index in [1.807, 2.05) is 16.9 Å². The lowest BCUT2D eigenvalue weighted by Gasteiger charge is -2.53. The lowest BCUT2D eigenvalue weighted by Crippen LogP contribution is -2.65. The van der Waals surface area contributed by atoms with Gasteiger partial charge in [-0.25, -0.2) is 29.3 Å². The van der Waals surface area contributed by atoms with E-state index in [4.69, 9.17) is 34.4 Å². The average molecular weight is 940 g/mol. The molecule has 4 aromatic heterocycles. The predicted octanol–water partition coefficient (Wildman–Crippen LogP) is 5.04. The molecule has 30 heteroatoms. The Labute approximate surface area is 349 Å². The quantitative estimate of drug-likeness (QED) is 0.126. The van der Waals surface area contributed by atoms with Crippen LogP contribution in [0.2, 0.25) is 0 Å². The van der Waals surface area contributed by atoms with Gasteiger partial charge in [0.15, 0.2) is 0 Å². The van der Waals surface area contributed by atoms with E-state index in [2.05, 4.69) is 41.0 Å². The second-order valence-electron chi connectivity index (χ2n) is 13.9. The fourth-order valence-electron chi connectivity index (χ4n) is 5.93. The largest absolute Gasteiger partial charge is 0.490 e. The molecule has 0 radical (unpaired) electrons. The van der Waals surface area contributed by atoms with Gasteiger partial charge in [0.25, 0.3) is 0 Å². The maximum absolute atomic E-state index is 13.4. The number of aliphatic hydroxyl groups is 2. The first-order chi connectivity index (χ1) is 29.3. The molecule has 1 aliphatic carbocycles. The zero-order valence-electron chi connectivity index (χ0n) is 32.3. The highest BCUT2D eigenvalue weighted by molar-refractivity contribution is 5.90. The zero-order valence-corrected chi connectivity index (χ0v) is 32.3. The number of rotatable bonds is 8. The van der Waals surface area contributed by atoms with E-state index in [0.29, 0.717) is 32.4 Å². The molecule has 18 nitrogen and oxygen atoms in total. The van der Waals surface area contributed by atoms with Gasteiger partial charge in [0, 0.05) is 48.5 Å². The molecule has 352 valence electrons. The van der Waals surface area contributed by atoms with Crippen LogP contribution in [-0.2, 0) is 31.7 Å². The van der Waals surface area contributed by atoms with Crippen LogP contribution in [0, 0.1) is 11.3 Å². The van der Waals surface area contributed by atoms with Crippen molar-refractivity contribution in [2.45, 2.75) is 87.0 Å². The summed E-state index contributed by atoms with van der Waals surface area (Å²) in [7, 11) is 0. The fourth-order valence-corrected chi connectivity index (χ4v) is 5.93. The Hall–Kier alpha value is -6.35. The molecule has 1 saturated heterocycles. The summed E-state index contributed by atoms with van der Waals surface area (Å²) in [6.45, 7) is 1.64. The Kier molecular flexibility index (Phi) is 16.3. The van der Waals surface area contributed by atoms with Gasteiger partial charge in [-0.05, 0) is 38.7 Å². The summed E-state index contributed by atoms with van der Waals surface area (Å²) in [5, 5.41) is 56.2. The van der Waals surface area contributed by atoms with Crippen LogP contribution >= 0.6 is 0 Å². The van der Waals surface area contributed by atoms with Crippen molar-refractivity contribution in [1.82, 2.24) is 39.6 Å². The van der Waals surface area contributed by atoms with Gasteiger partial charge in [0.2, 0.25) is 11.7 Å². The molecule has 0 amide bonds. The average Bonchev–Trinajstić information content (AvgIpc) is 3.87. The van der Waals surface area contributed by atoms with Crippen LogP contribution in [-0.4, -0.2) is 133 Å². The summed E-state index contributed by atoms with van der Waals surface area (Å²) >= 11 is 0. The number of ether oxygens (including phenoxy) is 1. The monoisotopic (exact) mass is 939 g/mol. The smallest absolute Gasteiger partial charge is 0.475 e. The van der Waals surface area contributed by atoms with Gasteiger partial charge >= 0.3 is 42.6 Å². The number of aromatic amines is 1. The highest BCUT2D eigenvalue weighted by Crippen LogP contribution is 2.39. The molecule has 64 heavy (non-hydrogen) atoms. The fraction of sp³-hybridized carbons (Fsp3) is 0.500. The Morgan fingerprint density at radius 1 is 0.891 bits per heavy atom. The summed E-state index contributed by atoms with van der Waals surface area (Å²) in [6.07, 6.45) is -10.5. The van der Waals surface area contributed by atoms with Crippen LogP contribution in [0.25, 0.3) is 22.3 Å². The number of H-pyrrole nitrogens is 1. The number of likely N-dealkylation sites (tertiary alicyclic amines) is 1. The first-order valence-corrected chi connectivity index (χ1v) is 17.7. The van der Waals surface area contributed by atoms with E-state index in [1.165, 1.54) is 13.3 Å². The molecule has 2 fully saturated rings. The Morgan fingerprint density at radius 3 is 1.89 bits per heavy atom. The van der Waals surface area contributed by atoms with E-state index >= 15 is 0 Å². The number of alkyl halides is 12. The van der Waals surface area contributed by atoms with Crippen LogP contribution < -0.4 is 4.74 Å². The lowest BCUT2D eigenvalue weighted by atomic mass is 9.82. The van der Waals surface area contributed by atoms with E-state index in [-0.39, 0.29) is 23.7 Å². The molecule has 1 atom stereocenters. The van der Waals surface area contributed by atoms with Crippen LogP contribution in [0.3, 0.4) is 0 Å². The number of aliphatic hydroxyl groups excluding tert-OH is 1. The number of halogens is 12. The molecule has 1 saturated carbocycles. The molecule has 6 rings (SSSR count). The molecule has 0 bridgehead atoms. The van der Waals surface area contributed by atoms with Crippen LogP contribution in [0.15, 0.2) is 37.1 Å². The number of aliphatic carboxylic acids is 3. The van der Waals surface area contributed by atoms with Gasteiger partial charge in [-0.15, -0.1) is 0 Å². The van der Waals surface area contributed by atoms with Crippen molar-refractivity contribution in [2.24, 2.45) is 0 Å². The number of carboxylic acid groups (broad SMARTS) is 3. The third-order valence-corrected chi connectivity index (χ3v) is 9.09. The van der Waals surface area contributed by atoms with Gasteiger partial charge in [-0.1, -0.05) is 0 Å². The normalized spacial score (nSPS) is 18.5. The minimum Gasteiger partial charge on any atom is -0.475 e. The first-order valence-electron chi connectivity index (χ1n) is 17.7. The Bertz CT molecular complexity index is 2220. The summed E-state index contributed by atoms with van der Waals surface area (Å²) < 4.78 is 143.